The van der Waals surface area contributed by atoms with E-state index in [2.05, 4.69) is 0 Å². The quantitative estimate of drug-likeness (QED) is 0.749. The molecule has 1 saturated heterocycles. The summed E-state index contributed by atoms with van der Waals surface area (Å²) in [6.07, 6.45) is 2.81. The number of carboxylic acid groups (broad SMARTS) is 1. The number of nitrogens with zero attached hydrogens (tertiary/aromatic N) is 1. The largest absolute Gasteiger partial charge is 0.481 e. The summed E-state index contributed by atoms with van der Waals surface area (Å²) >= 11 is 0. The molecule has 5 nitrogen and oxygen atoms in total. The van der Waals surface area contributed by atoms with Crippen molar-refractivity contribution in [2.24, 2.45) is 0 Å². The van der Waals surface area contributed by atoms with Crippen LogP contribution in [0.25, 0.3) is 0 Å². The number of benzene rings is 1. The molecule has 0 aliphatic carbocycles. The van der Waals surface area contributed by atoms with E-state index in [4.69, 9.17) is 5.11 Å². The smallest absolute Gasteiger partial charge is 0.303 e. The minimum absolute atomic E-state index is 0.0909. The van der Waals surface area contributed by atoms with Crippen molar-refractivity contribution in [1.29, 1.82) is 0 Å². The molecule has 1 aromatic rings. The summed E-state index contributed by atoms with van der Waals surface area (Å²) < 4.78 is 0. The van der Waals surface area contributed by atoms with Crippen molar-refractivity contribution in [3.05, 3.63) is 35.9 Å². The van der Waals surface area contributed by atoms with Gasteiger partial charge in [0.25, 0.3) is 0 Å². The molecule has 1 unspecified atom stereocenters. The third-order valence-corrected chi connectivity index (χ3v) is 4.07. The van der Waals surface area contributed by atoms with Crippen LogP contribution in [0.2, 0.25) is 0 Å². The van der Waals surface area contributed by atoms with E-state index in [0.717, 1.165) is 12.0 Å². The van der Waals surface area contributed by atoms with Gasteiger partial charge in [-0.2, -0.15) is 0 Å². The Kier molecular flexibility index (Phi) is 5.69. The molecule has 0 saturated carbocycles. The van der Waals surface area contributed by atoms with E-state index in [1.54, 1.807) is 0 Å². The molecule has 0 radical (unpaired) electrons. The highest BCUT2D eigenvalue weighted by molar-refractivity contribution is 6.01. The maximum Gasteiger partial charge on any atom is 0.303 e. The van der Waals surface area contributed by atoms with Crippen LogP contribution in [0.1, 0.15) is 50.0 Å². The SMILES string of the molecule is O=C(O)CCC(CCCN1C(=O)CCC1=O)c1ccccc1. The number of imide groups is 1. The molecule has 1 aromatic carbocycles. The van der Waals surface area contributed by atoms with Gasteiger partial charge >= 0.3 is 5.97 Å². The molecule has 2 rings (SSSR count). The van der Waals surface area contributed by atoms with E-state index < -0.39 is 5.97 Å². The molecule has 1 atom stereocenters. The van der Waals surface area contributed by atoms with E-state index in [1.165, 1.54) is 4.90 Å². The number of carbonyl (C=O) groups is 3. The van der Waals surface area contributed by atoms with Crippen LogP contribution in [0.5, 0.6) is 0 Å². The van der Waals surface area contributed by atoms with Crippen molar-refractivity contribution in [1.82, 2.24) is 4.90 Å². The third kappa shape index (κ3) is 4.41. The molecule has 2 amide bonds. The summed E-state index contributed by atoms with van der Waals surface area (Å²) in [6.45, 7) is 0.439. The molecule has 1 heterocycles. The number of carboxylic acids is 1. The molecule has 1 aliphatic heterocycles. The zero-order chi connectivity index (χ0) is 15.9. The molecular weight excluding hydrogens is 282 g/mol. The van der Waals surface area contributed by atoms with Crippen LogP contribution >= 0.6 is 0 Å². The highest BCUT2D eigenvalue weighted by atomic mass is 16.4. The van der Waals surface area contributed by atoms with E-state index >= 15 is 0 Å². The maximum absolute atomic E-state index is 11.6. The number of likely N-dealkylation sites (tertiary alicyclic amines) is 1. The van der Waals surface area contributed by atoms with Crippen LogP contribution in [0.4, 0.5) is 0 Å². The topological polar surface area (TPSA) is 74.7 Å². The van der Waals surface area contributed by atoms with Gasteiger partial charge in [-0.05, 0) is 30.7 Å². The van der Waals surface area contributed by atoms with Gasteiger partial charge in [0, 0.05) is 25.8 Å². The lowest BCUT2D eigenvalue weighted by atomic mass is 9.90. The van der Waals surface area contributed by atoms with Gasteiger partial charge in [0.15, 0.2) is 0 Å². The number of amides is 2. The lowest BCUT2D eigenvalue weighted by Crippen LogP contribution is -2.30. The zero-order valence-electron chi connectivity index (χ0n) is 12.5. The van der Waals surface area contributed by atoms with E-state index in [1.807, 2.05) is 30.3 Å². The Balaban J connectivity index is 1.90. The zero-order valence-corrected chi connectivity index (χ0v) is 12.5. The number of aliphatic carboxylic acids is 1. The molecule has 1 aliphatic rings. The minimum Gasteiger partial charge on any atom is -0.481 e. The van der Waals surface area contributed by atoms with Crippen molar-refractivity contribution in [2.45, 2.75) is 44.4 Å². The molecule has 1 fully saturated rings. The molecular formula is C17H21NO4. The van der Waals surface area contributed by atoms with Gasteiger partial charge in [0.2, 0.25) is 11.8 Å². The van der Waals surface area contributed by atoms with Crippen molar-refractivity contribution in [3.63, 3.8) is 0 Å². The first kappa shape index (κ1) is 16.2. The van der Waals surface area contributed by atoms with Gasteiger partial charge in [-0.3, -0.25) is 19.3 Å². The first-order valence-corrected chi connectivity index (χ1v) is 7.68. The highest BCUT2D eigenvalue weighted by Gasteiger charge is 2.28. The second-order valence-electron chi connectivity index (χ2n) is 5.62. The summed E-state index contributed by atoms with van der Waals surface area (Å²) in [4.78, 5) is 35.3. The Bertz CT molecular complexity index is 525. The van der Waals surface area contributed by atoms with Gasteiger partial charge in [0.1, 0.15) is 0 Å². The molecule has 0 aromatic heterocycles. The molecule has 0 spiro atoms. The highest BCUT2D eigenvalue weighted by Crippen LogP contribution is 2.27. The van der Waals surface area contributed by atoms with Gasteiger partial charge in [-0.1, -0.05) is 30.3 Å². The Morgan fingerprint density at radius 2 is 1.73 bits per heavy atom. The molecule has 22 heavy (non-hydrogen) atoms. The maximum atomic E-state index is 11.6. The number of hydrogen-bond acceptors (Lipinski definition) is 3. The van der Waals surface area contributed by atoms with Gasteiger partial charge < -0.3 is 5.11 Å². The van der Waals surface area contributed by atoms with Crippen molar-refractivity contribution >= 4 is 17.8 Å². The van der Waals surface area contributed by atoms with Crippen molar-refractivity contribution < 1.29 is 19.5 Å². The van der Waals surface area contributed by atoms with Crippen LogP contribution < -0.4 is 0 Å². The fourth-order valence-corrected chi connectivity index (χ4v) is 2.87. The fraction of sp³-hybridized carbons (Fsp3) is 0.471. The van der Waals surface area contributed by atoms with Gasteiger partial charge in [-0.25, -0.2) is 0 Å². The Morgan fingerprint density at radius 1 is 1.09 bits per heavy atom. The number of rotatable bonds is 8. The molecule has 1 N–H and O–H groups in total. The van der Waals surface area contributed by atoms with Crippen LogP contribution in [0.3, 0.4) is 0 Å². The second-order valence-corrected chi connectivity index (χ2v) is 5.62. The molecule has 5 heteroatoms. The van der Waals surface area contributed by atoms with Crippen molar-refractivity contribution in [2.75, 3.05) is 6.54 Å². The molecule has 118 valence electrons. The van der Waals surface area contributed by atoms with Crippen LogP contribution in [0.15, 0.2) is 30.3 Å². The summed E-state index contributed by atoms with van der Waals surface area (Å²) in [5, 5.41) is 8.88. The fourth-order valence-electron chi connectivity index (χ4n) is 2.87. The monoisotopic (exact) mass is 303 g/mol. The van der Waals surface area contributed by atoms with Gasteiger partial charge in [0.05, 0.1) is 0 Å². The van der Waals surface area contributed by atoms with Crippen molar-refractivity contribution in [3.8, 4) is 0 Å². The second kappa shape index (κ2) is 7.73. The summed E-state index contributed by atoms with van der Waals surface area (Å²) in [6, 6.07) is 9.81. The average molecular weight is 303 g/mol. The summed E-state index contributed by atoms with van der Waals surface area (Å²) in [7, 11) is 0. The van der Waals surface area contributed by atoms with Gasteiger partial charge in [-0.15, -0.1) is 0 Å². The summed E-state index contributed by atoms with van der Waals surface area (Å²) in [5.41, 5.74) is 1.11. The summed E-state index contributed by atoms with van der Waals surface area (Å²) in [5.74, 6) is -0.838. The lowest BCUT2D eigenvalue weighted by Gasteiger charge is -2.19. The van der Waals surface area contributed by atoms with Crippen LogP contribution in [-0.2, 0) is 14.4 Å². The Morgan fingerprint density at radius 3 is 2.32 bits per heavy atom. The van der Waals surface area contributed by atoms with E-state index in [-0.39, 0.29) is 24.2 Å². The first-order chi connectivity index (χ1) is 10.6. The number of carbonyl (C=O) groups excluding carboxylic acids is 2. The predicted octanol–water partition coefficient (Wildman–Crippen LogP) is 2.56. The minimum atomic E-state index is -0.800. The third-order valence-electron chi connectivity index (χ3n) is 4.07. The lowest BCUT2D eigenvalue weighted by molar-refractivity contribution is -0.139. The normalized spacial score (nSPS) is 16.1. The Labute approximate surface area is 129 Å². The Hall–Kier alpha value is -2.17. The standard InChI is InChI=1S/C17H21NO4/c19-15-9-10-16(20)18(15)12-4-7-14(8-11-17(21)22)13-5-2-1-3-6-13/h1-3,5-6,14H,4,7-12H2,(H,21,22). The van der Waals surface area contributed by atoms with Crippen LogP contribution in [0, 0.1) is 0 Å². The first-order valence-electron chi connectivity index (χ1n) is 7.68. The predicted molar refractivity (Wildman–Crippen MR) is 81.2 cm³/mol. The van der Waals surface area contributed by atoms with E-state index in [9.17, 15) is 14.4 Å². The van der Waals surface area contributed by atoms with E-state index in [0.29, 0.717) is 32.2 Å². The van der Waals surface area contributed by atoms with Crippen LogP contribution in [-0.4, -0.2) is 34.3 Å². The molecule has 0 bridgehead atoms. The average Bonchev–Trinajstić information content (AvgIpc) is 2.83. The number of hydrogen-bond donors (Lipinski definition) is 1.